The molecule has 1 atom stereocenters. The highest BCUT2D eigenvalue weighted by Gasteiger charge is 2.39. The molecule has 1 fully saturated rings. The number of methoxy groups -OCH3 is 2. The number of carbonyl (C=O) groups excluding carboxylic acids is 3. The van der Waals surface area contributed by atoms with Crippen LogP contribution in [-0.4, -0.2) is 93.2 Å². The number of hydrogen-bond donors (Lipinski definition) is 1. The van der Waals surface area contributed by atoms with E-state index in [-0.39, 0.29) is 18.5 Å². The smallest absolute Gasteiger partial charge is 0.338 e. The number of carbonyl (C=O) groups is 3. The average Bonchev–Trinajstić information content (AvgIpc) is 2.81. The topological polar surface area (TPSA) is 101 Å². The number of nitrogens with zero attached hydrogens (tertiary/aromatic N) is 3. The van der Waals surface area contributed by atoms with Gasteiger partial charge in [0.2, 0.25) is 5.91 Å². The highest BCUT2D eigenvalue weighted by Crippen LogP contribution is 2.37. The fourth-order valence-corrected chi connectivity index (χ4v) is 4.12. The summed E-state index contributed by atoms with van der Waals surface area (Å²) in [5.74, 6) is 0.631. The summed E-state index contributed by atoms with van der Waals surface area (Å²) in [4.78, 5) is 43.1. The summed E-state index contributed by atoms with van der Waals surface area (Å²) in [6.07, 6.45) is 0. The van der Waals surface area contributed by atoms with Gasteiger partial charge in [0.05, 0.1) is 32.4 Å². The first kappa shape index (κ1) is 24.4. The Bertz CT molecular complexity index is 939. The molecule has 33 heavy (non-hydrogen) atoms. The highest BCUT2D eigenvalue weighted by atomic mass is 16.5. The van der Waals surface area contributed by atoms with E-state index in [1.54, 1.807) is 51.1 Å². The van der Waals surface area contributed by atoms with E-state index in [4.69, 9.17) is 14.2 Å². The van der Waals surface area contributed by atoms with Crippen LogP contribution in [0, 0.1) is 0 Å². The van der Waals surface area contributed by atoms with E-state index in [9.17, 15) is 14.4 Å². The number of hydrogen-bond acceptors (Lipinski definition) is 7. The van der Waals surface area contributed by atoms with Gasteiger partial charge in [0.15, 0.2) is 0 Å². The first-order valence-corrected chi connectivity index (χ1v) is 10.9. The van der Waals surface area contributed by atoms with Crippen LogP contribution in [0.15, 0.2) is 29.5 Å². The summed E-state index contributed by atoms with van der Waals surface area (Å²) in [6.45, 7) is 6.37. The van der Waals surface area contributed by atoms with Gasteiger partial charge < -0.3 is 24.4 Å². The number of nitrogens with one attached hydrogen (secondary N) is 1. The van der Waals surface area contributed by atoms with Gasteiger partial charge >= 0.3 is 12.0 Å². The molecule has 0 spiro atoms. The van der Waals surface area contributed by atoms with Crippen molar-refractivity contribution < 1.29 is 28.6 Å². The molecule has 2 heterocycles. The van der Waals surface area contributed by atoms with E-state index in [0.717, 1.165) is 0 Å². The van der Waals surface area contributed by atoms with Crippen molar-refractivity contribution in [1.82, 2.24) is 20.0 Å². The van der Waals surface area contributed by atoms with E-state index in [1.165, 1.54) is 12.0 Å². The van der Waals surface area contributed by atoms with E-state index in [0.29, 0.717) is 61.1 Å². The molecule has 10 nitrogen and oxygen atoms in total. The molecule has 1 aromatic carbocycles. The van der Waals surface area contributed by atoms with Crippen LogP contribution in [0.2, 0.25) is 0 Å². The molecule has 10 heteroatoms. The number of urea groups is 1. The Morgan fingerprint density at radius 3 is 2.39 bits per heavy atom. The lowest BCUT2D eigenvalue weighted by Gasteiger charge is -2.39. The van der Waals surface area contributed by atoms with E-state index in [2.05, 4.69) is 10.2 Å². The minimum absolute atomic E-state index is 0.0434. The lowest BCUT2D eigenvalue weighted by Crippen LogP contribution is -2.52. The zero-order chi connectivity index (χ0) is 24.1. The number of likely N-dealkylation sites (N-methyl/N-ethyl adjacent to an activating group) is 1. The molecule has 0 aliphatic carbocycles. The van der Waals surface area contributed by atoms with Crippen LogP contribution in [0.1, 0.15) is 25.5 Å². The third-order valence-corrected chi connectivity index (χ3v) is 6.01. The van der Waals surface area contributed by atoms with Crippen LogP contribution >= 0.6 is 0 Å². The molecule has 0 bridgehead atoms. The minimum atomic E-state index is -0.748. The predicted octanol–water partition coefficient (Wildman–Crippen LogP) is 1.38. The Balaban J connectivity index is 2.02. The van der Waals surface area contributed by atoms with Crippen LogP contribution in [0.25, 0.3) is 0 Å². The Labute approximate surface area is 194 Å². The standard InChI is InChI=1S/C23H32N4O6/c1-6-33-22(29)20-18(14-26-9-11-27(12-10-26)15(2)28)25(3)23(30)24-21(20)17-8-7-16(31-4)13-19(17)32-5/h7-8,13,21H,6,9-12,14H2,1-5H3,(H,24,30). The van der Waals surface area contributed by atoms with Gasteiger partial charge in [-0.3, -0.25) is 14.6 Å². The van der Waals surface area contributed by atoms with Crippen molar-refractivity contribution in [2.45, 2.75) is 19.9 Å². The van der Waals surface area contributed by atoms with Gasteiger partial charge in [-0.15, -0.1) is 0 Å². The minimum Gasteiger partial charge on any atom is -0.497 e. The fourth-order valence-electron chi connectivity index (χ4n) is 4.12. The quantitative estimate of drug-likeness (QED) is 0.614. The zero-order valence-electron chi connectivity index (χ0n) is 19.8. The van der Waals surface area contributed by atoms with Gasteiger partial charge in [0.25, 0.3) is 0 Å². The molecule has 0 saturated carbocycles. The van der Waals surface area contributed by atoms with Gasteiger partial charge in [0, 0.05) is 64.0 Å². The Hall–Kier alpha value is -3.27. The van der Waals surface area contributed by atoms with Crippen LogP contribution in [0.4, 0.5) is 4.79 Å². The number of ether oxygens (including phenoxy) is 3. The number of amides is 3. The second-order valence-electron chi connectivity index (χ2n) is 7.91. The Morgan fingerprint density at radius 1 is 1.12 bits per heavy atom. The van der Waals surface area contributed by atoms with Crippen LogP contribution in [0.5, 0.6) is 11.5 Å². The summed E-state index contributed by atoms with van der Waals surface area (Å²) >= 11 is 0. The maximum Gasteiger partial charge on any atom is 0.338 e. The van der Waals surface area contributed by atoms with Crippen LogP contribution in [0.3, 0.4) is 0 Å². The third-order valence-electron chi connectivity index (χ3n) is 6.01. The molecule has 3 rings (SSSR count). The van der Waals surface area contributed by atoms with E-state index < -0.39 is 12.0 Å². The number of benzene rings is 1. The first-order valence-electron chi connectivity index (χ1n) is 10.9. The van der Waals surface area contributed by atoms with Crippen molar-refractivity contribution in [3.63, 3.8) is 0 Å². The second-order valence-corrected chi connectivity index (χ2v) is 7.91. The van der Waals surface area contributed by atoms with Gasteiger partial charge in [-0.1, -0.05) is 0 Å². The molecule has 0 radical (unpaired) electrons. The molecule has 1 unspecified atom stereocenters. The van der Waals surface area contributed by atoms with Crippen LogP contribution < -0.4 is 14.8 Å². The second kappa shape index (κ2) is 10.6. The van der Waals surface area contributed by atoms with Gasteiger partial charge in [0.1, 0.15) is 11.5 Å². The van der Waals surface area contributed by atoms with Gasteiger partial charge in [-0.2, -0.15) is 0 Å². The first-order chi connectivity index (χ1) is 15.8. The summed E-state index contributed by atoms with van der Waals surface area (Å²) in [6, 6.07) is 4.16. The molecule has 2 aliphatic rings. The Kier molecular flexibility index (Phi) is 7.80. The zero-order valence-corrected chi connectivity index (χ0v) is 19.8. The monoisotopic (exact) mass is 460 g/mol. The molecule has 180 valence electrons. The molecular formula is C23H32N4O6. The summed E-state index contributed by atoms with van der Waals surface area (Å²) in [5.41, 5.74) is 1.55. The van der Waals surface area contributed by atoms with Gasteiger partial charge in [-0.25, -0.2) is 9.59 Å². The van der Waals surface area contributed by atoms with Crippen LogP contribution in [-0.2, 0) is 14.3 Å². The van der Waals surface area contributed by atoms with Crippen molar-refractivity contribution in [3.8, 4) is 11.5 Å². The number of esters is 1. The third kappa shape index (κ3) is 5.22. The fraction of sp³-hybridized carbons (Fsp3) is 0.522. The van der Waals surface area contributed by atoms with Crippen molar-refractivity contribution in [3.05, 3.63) is 35.0 Å². The van der Waals surface area contributed by atoms with Crippen molar-refractivity contribution >= 4 is 17.9 Å². The molecule has 1 aromatic rings. The molecule has 0 aromatic heterocycles. The highest BCUT2D eigenvalue weighted by molar-refractivity contribution is 5.95. The molecular weight excluding hydrogens is 428 g/mol. The normalized spacial score (nSPS) is 19.3. The summed E-state index contributed by atoms with van der Waals surface area (Å²) in [7, 11) is 4.72. The average molecular weight is 461 g/mol. The molecule has 3 amide bonds. The maximum atomic E-state index is 13.2. The number of rotatable bonds is 7. The van der Waals surface area contributed by atoms with Crippen molar-refractivity contribution in [1.29, 1.82) is 0 Å². The summed E-state index contributed by atoms with van der Waals surface area (Å²) in [5, 5.41) is 2.91. The summed E-state index contributed by atoms with van der Waals surface area (Å²) < 4.78 is 16.2. The largest absolute Gasteiger partial charge is 0.497 e. The molecule has 1 N–H and O–H groups in total. The van der Waals surface area contributed by atoms with E-state index >= 15 is 0 Å². The SMILES string of the molecule is CCOC(=O)C1=C(CN2CCN(C(C)=O)CC2)N(C)C(=O)NC1c1ccc(OC)cc1OC. The van der Waals surface area contributed by atoms with Crippen molar-refractivity contribution in [2.24, 2.45) is 0 Å². The molecule has 1 saturated heterocycles. The number of piperazine rings is 1. The Morgan fingerprint density at radius 2 is 1.82 bits per heavy atom. The van der Waals surface area contributed by atoms with Gasteiger partial charge in [-0.05, 0) is 19.1 Å². The predicted molar refractivity (Wildman–Crippen MR) is 121 cm³/mol. The lowest BCUT2D eigenvalue weighted by atomic mass is 9.93. The van der Waals surface area contributed by atoms with Crippen molar-refractivity contribution in [2.75, 3.05) is 60.6 Å². The maximum absolute atomic E-state index is 13.2. The lowest BCUT2D eigenvalue weighted by molar-refractivity contribution is -0.139. The molecule has 2 aliphatic heterocycles. The van der Waals surface area contributed by atoms with E-state index in [1.807, 2.05) is 0 Å².